The van der Waals surface area contributed by atoms with Crippen molar-refractivity contribution < 1.29 is 4.79 Å². The summed E-state index contributed by atoms with van der Waals surface area (Å²) in [5.41, 5.74) is 0. The molecule has 48 valence electrons. The van der Waals surface area contributed by atoms with Crippen LogP contribution in [0.1, 0.15) is 12.8 Å². The summed E-state index contributed by atoms with van der Waals surface area (Å²) in [4.78, 5) is 14.0. The van der Waals surface area contributed by atoms with Crippen molar-refractivity contribution in [3.05, 3.63) is 0 Å². The Labute approximate surface area is 57.0 Å². The van der Waals surface area contributed by atoms with E-state index in [0.29, 0.717) is 0 Å². The van der Waals surface area contributed by atoms with Crippen LogP contribution in [0.3, 0.4) is 0 Å². The van der Waals surface area contributed by atoms with Crippen molar-refractivity contribution in [2.75, 3.05) is 6.54 Å². The van der Waals surface area contributed by atoms with Crippen LogP contribution in [0.15, 0.2) is 0 Å². The third kappa shape index (κ3) is 0.645. The second kappa shape index (κ2) is 1.70. The van der Waals surface area contributed by atoms with E-state index in [0.717, 1.165) is 19.4 Å². The molecule has 0 N–H and O–H groups in total. The molecule has 0 unspecified atom stereocenters. The van der Waals surface area contributed by atoms with Gasteiger partial charge in [-0.3, -0.25) is 4.79 Å². The summed E-state index contributed by atoms with van der Waals surface area (Å²) < 4.78 is 0. The zero-order valence-corrected chi connectivity index (χ0v) is 5.78. The predicted octanol–water partition coefficient (Wildman–Crippen LogP) is 0.288. The smallest absolute Gasteiger partial charge is 0.261 e. The fraction of sp³-hybridized carbons (Fsp3) is 0.500. The largest absolute Gasteiger partial charge is 0.303 e. The van der Waals surface area contributed by atoms with E-state index >= 15 is 0 Å². The molecule has 0 bridgehead atoms. The summed E-state index contributed by atoms with van der Waals surface area (Å²) >= 11 is 0. The van der Waals surface area contributed by atoms with Gasteiger partial charge in [0.15, 0.2) is 0 Å². The predicted molar refractivity (Wildman–Crippen MR) is 39.6 cm³/mol. The van der Waals surface area contributed by atoms with Crippen LogP contribution in [0.4, 0.5) is 0 Å². The molecular weight excluding hydrogens is 134 g/mol. The maximum Gasteiger partial charge on any atom is 0.261 e. The van der Waals surface area contributed by atoms with E-state index in [2.05, 4.69) is 0 Å². The van der Waals surface area contributed by atoms with Crippen molar-refractivity contribution in [1.82, 2.24) is 4.90 Å². The number of carbonyl (C=O) groups is 1. The lowest BCUT2D eigenvalue weighted by Crippen LogP contribution is -2.27. The van der Waals surface area contributed by atoms with E-state index in [1.807, 2.05) is 4.90 Å². The van der Waals surface area contributed by atoms with Gasteiger partial charge in [0.05, 0.1) is 10.4 Å². The Balaban J connectivity index is 2.38. The van der Waals surface area contributed by atoms with Crippen LogP contribution in [-0.2, 0) is 4.79 Å². The third-order valence-electron chi connectivity index (χ3n) is 1.64. The van der Waals surface area contributed by atoms with Crippen LogP contribution in [0.5, 0.6) is 0 Å². The quantitative estimate of drug-likeness (QED) is 0.444. The SMILES string of the molecule is O=C1C=S=C2CCCN12. The Hall–Kier alpha value is -0.570. The van der Waals surface area contributed by atoms with Crippen LogP contribution in [0.2, 0.25) is 0 Å². The molecule has 0 aromatic rings. The monoisotopic (exact) mass is 141 g/mol. The lowest BCUT2D eigenvalue weighted by molar-refractivity contribution is -0.119. The number of carbonyl (C=O) groups excluding carboxylic acids is 1. The van der Waals surface area contributed by atoms with E-state index in [-0.39, 0.29) is 5.91 Å². The molecule has 2 rings (SSSR count). The molecular formula is C6H7NOS. The molecule has 9 heavy (non-hydrogen) atoms. The number of hydrogen-bond donors (Lipinski definition) is 0. The van der Waals surface area contributed by atoms with Crippen molar-refractivity contribution in [2.24, 2.45) is 0 Å². The fourth-order valence-electron chi connectivity index (χ4n) is 1.19. The molecule has 1 fully saturated rings. The van der Waals surface area contributed by atoms with Gasteiger partial charge in [-0.1, -0.05) is 0 Å². The molecule has 1 saturated heterocycles. The first kappa shape index (κ1) is 5.23. The zero-order valence-electron chi connectivity index (χ0n) is 4.96. The molecule has 2 heterocycles. The average Bonchev–Trinajstić information content (AvgIpc) is 2.35. The molecule has 0 aromatic heterocycles. The maximum absolute atomic E-state index is 10.9. The van der Waals surface area contributed by atoms with Gasteiger partial charge in [0.1, 0.15) is 0 Å². The Morgan fingerprint density at radius 3 is 3.33 bits per heavy atom. The van der Waals surface area contributed by atoms with Crippen molar-refractivity contribution in [2.45, 2.75) is 12.8 Å². The first-order chi connectivity index (χ1) is 4.38. The van der Waals surface area contributed by atoms with Gasteiger partial charge in [0.2, 0.25) is 0 Å². The third-order valence-corrected chi connectivity index (χ3v) is 2.65. The minimum Gasteiger partial charge on any atom is -0.303 e. The molecule has 0 saturated carbocycles. The number of fused-ring (bicyclic) bond motifs is 1. The molecule has 0 aliphatic carbocycles. The highest BCUT2D eigenvalue weighted by Gasteiger charge is 2.24. The van der Waals surface area contributed by atoms with Gasteiger partial charge in [-0.15, -0.1) is 10.9 Å². The van der Waals surface area contributed by atoms with Crippen molar-refractivity contribution >= 4 is 27.2 Å². The van der Waals surface area contributed by atoms with Crippen molar-refractivity contribution in [3.63, 3.8) is 0 Å². The van der Waals surface area contributed by atoms with E-state index in [4.69, 9.17) is 0 Å². The summed E-state index contributed by atoms with van der Waals surface area (Å²) in [6, 6.07) is 0. The van der Waals surface area contributed by atoms with Gasteiger partial charge in [-0.05, 0) is 12.8 Å². The first-order valence-corrected chi connectivity index (χ1v) is 3.93. The first-order valence-electron chi connectivity index (χ1n) is 3.05. The van der Waals surface area contributed by atoms with Gasteiger partial charge in [0, 0.05) is 6.54 Å². The maximum atomic E-state index is 10.9. The normalized spacial score (nSPS) is 23.8. The molecule has 3 heteroatoms. The van der Waals surface area contributed by atoms with Gasteiger partial charge < -0.3 is 4.90 Å². The molecule has 0 spiro atoms. The number of hydrogen-bond acceptors (Lipinski definition) is 1. The lowest BCUT2D eigenvalue weighted by Gasteiger charge is -2.07. The summed E-state index contributed by atoms with van der Waals surface area (Å²) in [7, 11) is 1.59. The highest BCUT2D eigenvalue weighted by Crippen LogP contribution is 2.15. The van der Waals surface area contributed by atoms with Gasteiger partial charge in [-0.2, -0.15) is 0 Å². The fourth-order valence-corrected chi connectivity index (χ4v) is 2.12. The zero-order chi connectivity index (χ0) is 6.27. The van der Waals surface area contributed by atoms with Crippen LogP contribution in [0, 0.1) is 0 Å². The molecule has 1 amide bonds. The standard InChI is InChI=1S/C6H7NOS/c8-5-4-9-6-2-1-3-7(5)6/h4H,1-3H2. The highest BCUT2D eigenvalue weighted by molar-refractivity contribution is 7.98. The van der Waals surface area contributed by atoms with Crippen LogP contribution in [-0.4, -0.2) is 27.7 Å². The second-order valence-electron chi connectivity index (χ2n) is 2.22. The molecule has 0 radical (unpaired) electrons. The molecule has 2 nitrogen and oxygen atoms in total. The van der Waals surface area contributed by atoms with Gasteiger partial charge in [-0.25, -0.2) is 0 Å². The molecule has 2 aliphatic rings. The minimum atomic E-state index is 0.188. The molecule has 0 aromatic carbocycles. The summed E-state index contributed by atoms with van der Waals surface area (Å²) in [5.74, 6) is 0.188. The number of amides is 1. The van der Waals surface area contributed by atoms with Crippen LogP contribution < -0.4 is 0 Å². The second-order valence-corrected chi connectivity index (χ2v) is 3.17. The Bertz CT molecular complexity index is 227. The topological polar surface area (TPSA) is 20.3 Å². The molecule has 0 atom stereocenters. The van der Waals surface area contributed by atoms with Crippen LogP contribution in [0.25, 0.3) is 0 Å². The number of nitrogens with zero attached hydrogens (tertiary/aromatic N) is 1. The van der Waals surface area contributed by atoms with Crippen LogP contribution >= 0.6 is 10.9 Å². The summed E-state index contributed by atoms with van der Waals surface area (Å²) in [6.45, 7) is 0.942. The Morgan fingerprint density at radius 2 is 2.56 bits per heavy atom. The van der Waals surface area contributed by atoms with E-state index in [1.165, 1.54) is 4.99 Å². The van der Waals surface area contributed by atoms with Gasteiger partial charge >= 0.3 is 0 Å². The number of rotatable bonds is 0. The van der Waals surface area contributed by atoms with E-state index in [1.54, 1.807) is 16.3 Å². The van der Waals surface area contributed by atoms with E-state index in [9.17, 15) is 4.79 Å². The summed E-state index contributed by atoms with van der Waals surface area (Å²) in [6.07, 6.45) is 2.26. The van der Waals surface area contributed by atoms with Gasteiger partial charge in [0.25, 0.3) is 5.91 Å². The lowest BCUT2D eigenvalue weighted by atomic mass is 10.4. The highest BCUT2D eigenvalue weighted by atomic mass is 32.1. The Kier molecular flexibility index (Phi) is 0.990. The Morgan fingerprint density at radius 1 is 1.67 bits per heavy atom. The van der Waals surface area contributed by atoms with E-state index < -0.39 is 0 Å². The minimum absolute atomic E-state index is 0.188. The van der Waals surface area contributed by atoms with Crippen molar-refractivity contribution in [3.8, 4) is 0 Å². The van der Waals surface area contributed by atoms with Crippen molar-refractivity contribution in [1.29, 1.82) is 0 Å². The average molecular weight is 141 g/mol. The molecule has 2 aliphatic heterocycles. The summed E-state index contributed by atoms with van der Waals surface area (Å²) in [5, 5.41) is 1.69.